The first-order valence-electron chi connectivity index (χ1n) is 8.14. The van der Waals surface area contributed by atoms with Crippen LogP contribution in [0.5, 0.6) is 0 Å². The molecule has 1 aliphatic rings. The number of benzene rings is 1. The van der Waals surface area contributed by atoms with Crippen molar-refractivity contribution in [3.63, 3.8) is 0 Å². The van der Waals surface area contributed by atoms with Crippen LogP contribution in [0.4, 0.5) is 5.69 Å². The Kier molecular flexibility index (Phi) is 5.03. The van der Waals surface area contributed by atoms with Crippen molar-refractivity contribution in [3.8, 4) is 0 Å². The lowest BCUT2D eigenvalue weighted by Gasteiger charge is -2.06. The van der Waals surface area contributed by atoms with Gasteiger partial charge < -0.3 is 16.5 Å². The number of nitrogens with one attached hydrogen (secondary N) is 2. The second-order valence-electron chi connectivity index (χ2n) is 5.85. The van der Waals surface area contributed by atoms with Gasteiger partial charge in [0.15, 0.2) is 5.78 Å². The number of aryl methyl sites for hydroxylation is 1. The molecule has 1 aromatic carbocycles. The third-order valence-corrected chi connectivity index (χ3v) is 4.21. The highest BCUT2D eigenvalue weighted by Crippen LogP contribution is 2.25. The Morgan fingerprint density at radius 1 is 1.27 bits per heavy atom. The van der Waals surface area contributed by atoms with E-state index in [9.17, 15) is 9.59 Å². The van der Waals surface area contributed by atoms with E-state index >= 15 is 0 Å². The molecule has 6 heteroatoms. The summed E-state index contributed by atoms with van der Waals surface area (Å²) in [5, 5.41) is 10.2. The fourth-order valence-electron chi connectivity index (χ4n) is 2.90. The van der Waals surface area contributed by atoms with Gasteiger partial charge >= 0.3 is 0 Å². The van der Waals surface area contributed by atoms with Crippen LogP contribution in [-0.4, -0.2) is 22.9 Å². The van der Waals surface area contributed by atoms with Gasteiger partial charge in [0.2, 0.25) is 5.91 Å². The number of nitrogens with two attached hydrogens (primary N) is 1. The van der Waals surface area contributed by atoms with E-state index in [-0.39, 0.29) is 11.7 Å². The molecule has 2 aromatic rings. The summed E-state index contributed by atoms with van der Waals surface area (Å²) in [7, 11) is 0. The Balaban J connectivity index is 1.75. The van der Waals surface area contributed by atoms with Gasteiger partial charge in [0, 0.05) is 59.7 Å². The fourth-order valence-corrected chi connectivity index (χ4v) is 2.90. The molecular weight excluding hydrogens is 328 g/mol. The van der Waals surface area contributed by atoms with Crippen LogP contribution in [0, 0.1) is 5.41 Å². The summed E-state index contributed by atoms with van der Waals surface area (Å²) in [5.74, 6) is -0.144. The van der Waals surface area contributed by atoms with Gasteiger partial charge in [-0.05, 0) is 47.9 Å². The van der Waals surface area contributed by atoms with E-state index in [0.29, 0.717) is 29.7 Å². The average Bonchev–Trinajstić information content (AvgIpc) is 3.02. The zero-order valence-corrected chi connectivity index (χ0v) is 14.0. The summed E-state index contributed by atoms with van der Waals surface area (Å²) < 4.78 is 0. The molecule has 130 valence electrons. The molecule has 1 aromatic heterocycles. The molecular formula is C20H18N4O2. The van der Waals surface area contributed by atoms with Crippen molar-refractivity contribution >= 4 is 35.2 Å². The number of anilines is 1. The highest BCUT2D eigenvalue weighted by Gasteiger charge is 2.19. The van der Waals surface area contributed by atoms with Gasteiger partial charge in [-0.2, -0.15) is 0 Å². The summed E-state index contributed by atoms with van der Waals surface area (Å²) in [6.45, 7) is 0. The molecule has 0 bridgehead atoms. The van der Waals surface area contributed by atoms with Crippen molar-refractivity contribution in [2.45, 2.75) is 12.8 Å². The second-order valence-corrected chi connectivity index (χ2v) is 5.85. The first kappa shape index (κ1) is 17.3. The molecule has 0 radical (unpaired) electrons. The number of carbonyl (C=O) groups excluding carboxylic acids is 2. The van der Waals surface area contributed by atoms with Crippen molar-refractivity contribution in [1.29, 1.82) is 5.41 Å². The molecule has 3 rings (SSSR count). The fraction of sp³-hybridized carbons (Fsp3) is 0.100. The quantitative estimate of drug-likeness (QED) is 0.571. The van der Waals surface area contributed by atoms with Crippen molar-refractivity contribution in [1.82, 2.24) is 4.98 Å². The Bertz CT molecular complexity index is 945. The Labute approximate surface area is 151 Å². The zero-order chi connectivity index (χ0) is 18.5. The number of carbonyl (C=O) groups is 2. The molecule has 4 N–H and O–H groups in total. The number of ketones is 1. The number of rotatable bonds is 5. The molecule has 1 amide bonds. The highest BCUT2D eigenvalue weighted by molar-refractivity contribution is 6.10. The first-order valence-corrected chi connectivity index (χ1v) is 8.14. The van der Waals surface area contributed by atoms with Gasteiger partial charge in [-0.25, -0.2) is 0 Å². The topological polar surface area (TPSA) is 109 Å². The molecule has 0 unspecified atom stereocenters. The van der Waals surface area contributed by atoms with Crippen molar-refractivity contribution in [3.05, 3.63) is 71.2 Å². The van der Waals surface area contributed by atoms with Gasteiger partial charge in [-0.3, -0.25) is 14.6 Å². The number of pyridine rings is 1. The van der Waals surface area contributed by atoms with E-state index in [1.807, 2.05) is 6.07 Å². The number of fused-ring (bicyclic) bond motifs is 1. The van der Waals surface area contributed by atoms with E-state index in [2.05, 4.69) is 10.3 Å². The van der Waals surface area contributed by atoms with E-state index in [1.165, 1.54) is 12.3 Å². The molecule has 6 nitrogen and oxygen atoms in total. The van der Waals surface area contributed by atoms with Crippen LogP contribution >= 0.6 is 0 Å². The summed E-state index contributed by atoms with van der Waals surface area (Å²) in [4.78, 5) is 27.9. The largest absolute Gasteiger partial charge is 0.404 e. The minimum atomic E-state index is -0.294. The smallest absolute Gasteiger partial charge is 0.248 e. The van der Waals surface area contributed by atoms with Crippen LogP contribution in [0.2, 0.25) is 0 Å². The minimum absolute atomic E-state index is 0.150. The number of hydrogen-bond donors (Lipinski definition) is 3. The molecule has 1 aliphatic carbocycles. The molecule has 0 spiro atoms. The predicted octanol–water partition coefficient (Wildman–Crippen LogP) is 2.81. The summed E-state index contributed by atoms with van der Waals surface area (Å²) in [5.41, 5.74) is 9.84. The molecule has 0 aliphatic heterocycles. The van der Waals surface area contributed by atoms with Crippen LogP contribution in [0.1, 0.15) is 33.5 Å². The summed E-state index contributed by atoms with van der Waals surface area (Å²) in [6.07, 6.45) is 9.96. The Morgan fingerprint density at radius 2 is 2.12 bits per heavy atom. The van der Waals surface area contributed by atoms with Gasteiger partial charge in [-0.15, -0.1) is 0 Å². The number of allylic oxidation sites excluding steroid dienone is 1. The highest BCUT2D eigenvalue weighted by atomic mass is 16.1. The number of aromatic nitrogens is 1. The third kappa shape index (κ3) is 3.59. The first-order chi connectivity index (χ1) is 12.6. The SMILES string of the molecule is N=CC(=CN)c1ccncc1/C=C/C(=O)Nc1ccc2c(c1)CCC2=O. The summed E-state index contributed by atoms with van der Waals surface area (Å²) >= 11 is 0. The number of amides is 1. The number of nitrogens with zero attached hydrogens (tertiary/aromatic N) is 1. The Morgan fingerprint density at radius 3 is 2.88 bits per heavy atom. The maximum atomic E-state index is 12.2. The maximum absolute atomic E-state index is 12.2. The average molecular weight is 346 g/mol. The minimum Gasteiger partial charge on any atom is -0.404 e. The molecule has 0 saturated carbocycles. The molecule has 0 saturated heterocycles. The van der Waals surface area contributed by atoms with E-state index in [1.54, 1.807) is 36.7 Å². The summed E-state index contributed by atoms with van der Waals surface area (Å²) in [6, 6.07) is 7.06. The van der Waals surface area contributed by atoms with E-state index < -0.39 is 0 Å². The molecule has 1 heterocycles. The van der Waals surface area contributed by atoms with Crippen LogP contribution in [0.3, 0.4) is 0 Å². The van der Waals surface area contributed by atoms with Crippen molar-refractivity contribution in [2.75, 3.05) is 5.32 Å². The predicted molar refractivity (Wildman–Crippen MR) is 102 cm³/mol. The number of hydrogen-bond acceptors (Lipinski definition) is 5. The van der Waals surface area contributed by atoms with Gasteiger partial charge in [0.25, 0.3) is 0 Å². The molecule has 26 heavy (non-hydrogen) atoms. The second kappa shape index (κ2) is 7.57. The van der Waals surface area contributed by atoms with Crippen LogP contribution in [0.25, 0.3) is 11.6 Å². The number of Topliss-reactive ketones (excluding diaryl/α,β-unsaturated/α-hetero) is 1. The monoisotopic (exact) mass is 346 g/mol. The van der Waals surface area contributed by atoms with Crippen LogP contribution in [-0.2, 0) is 11.2 Å². The van der Waals surface area contributed by atoms with E-state index in [0.717, 1.165) is 22.9 Å². The molecule has 0 atom stereocenters. The van der Waals surface area contributed by atoms with Crippen LogP contribution in [0.15, 0.2) is 48.9 Å². The van der Waals surface area contributed by atoms with Gasteiger partial charge in [0.1, 0.15) is 0 Å². The maximum Gasteiger partial charge on any atom is 0.248 e. The zero-order valence-electron chi connectivity index (χ0n) is 14.0. The lowest BCUT2D eigenvalue weighted by Crippen LogP contribution is -2.08. The van der Waals surface area contributed by atoms with Crippen molar-refractivity contribution < 1.29 is 9.59 Å². The van der Waals surface area contributed by atoms with Gasteiger partial charge in [0.05, 0.1) is 0 Å². The Hall–Kier alpha value is -3.54. The van der Waals surface area contributed by atoms with E-state index in [4.69, 9.17) is 11.1 Å². The lowest BCUT2D eigenvalue weighted by atomic mass is 10.0. The third-order valence-electron chi connectivity index (χ3n) is 4.21. The van der Waals surface area contributed by atoms with Crippen molar-refractivity contribution in [2.24, 2.45) is 5.73 Å². The lowest BCUT2D eigenvalue weighted by molar-refractivity contribution is -0.111. The standard InChI is InChI=1S/C20H18N4O2/c21-10-15(11-22)17-7-8-23-12-14(17)2-6-20(26)24-16-3-4-18-13(9-16)1-5-19(18)25/h2-4,6-12,21H,1,5,22H2,(H,24,26)/b6-2+,15-11?,21-10?. The normalized spacial score (nSPS) is 13.7. The van der Waals surface area contributed by atoms with Gasteiger partial charge in [-0.1, -0.05) is 0 Å². The molecule has 0 fully saturated rings. The van der Waals surface area contributed by atoms with Crippen LogP contribution < -0.4 is 11.1 Å².